The molecule has 8 heteroatoms. The van der Waals surface area contributed by atoms with Gasteiger partial charge in [0.15, 0.2) is 0 Å². The molecule has 0 fully saturated rings. The molecule has 0 aromatic rings. The van der Waals surface area contributed by atoms with Crippen LogP contribution in [0.5, 0.6) is 0 Å². The zero-order chi connectivity index (χ0) is 10.5. The smallest absolute Gasteiger partial charge is 0.799 e. The first-order valence-corrected chi connectivity index (χ1v) is 5.56. The largest absolute Gasteiger partial charge is 1.00 e. The number of hydrogen-bond acceptors (Lipinski definition) is 4. The molecule has 0 amide bonds. The van der Waals surface area contributed by atoms with Crippen molar-refractivity contribution in [2.45, 2.75) is 12.8 Å². The molecule has 0 rings (SSSR count). The summed E-state index contributed by atoms with van der Waals surface area (Å²) in [5.74, 6) is -2.40. The van der Waals surface area contributed by atoms with Crippen molar-refractivity contribution in [1.29, 1.82) is 0 Å². The van der Waals surface area contributed by atoms with Gasteiger partial charge in [-0.3, -0.25) is 9.59 Å². The first kappa shape index (κ1) is 16.2. The van der Waals surface area contributed by atoms with E-state index < -0.39 is 44.5 Å². The Kier molecular flexibility index (Phi) is 8.17. The maximum Gasteiger partial charge on any atom is 1.00 e. The number of rotatable bonds is 6. The fourth-order valence-corrected chi connectivity index (χ4v) is 1.93. The van der Waals surface area contributed by atoms with Crippen LogP contribution >= 0.6 is 7.37 Å². The van der Waals surface area contributed by atoms with E-state index in [1.165, 1.54) is 0 Å². The van der Waals surface area contributed by atoms with Crippen LogP contribution in [-0.4, -0.2) is 34.5 Å². The van der Waals surface area contributed by atoms with Gasteiger partial charge in [0, 0.05) is 7.37 Å². The minimum absolute atomic E-state index is 0. The monoisotopic (exact) mass is 216 g/mol. The molecule has 0 aromatic carbocycles. The van der Waals surface area contributed by atoms with Gasteiger partial charge in [-0.05, 0) is 12.3 Å². The van der Waals surface area contributed by atoms with E-state index in [-0.39, 0.29) is 18.9 Å². The Balaban J connectivity index is 0. The summed E-state index contributed by atoms with van der Waals surface area (Å²) < 4.78 is 10.9. The average Bonchev–Trinajstić information content (AvgIpc) is 1.98. The van der Waals surface area contributed by atoms with Crippen molar-refractivity contribution < 1.29 is 48.1 Å². The molecule has 0 spiro atoms. The van der Waals surface area contributed by atoms with Crippen molar-refractivity contribution in [3.8, 4) is 0 Å². The van der Waals surface area contributed by atoms with Crippen LogP contribution in [0.4, 0.5) is 0 Å². The van der Waals surface area contributed by atoms with Gasteiger partial charge < -0.3 is 19.7 Å². The third-order valence-electron chi connectivity index (χ3n) is 1.33. The molecule has 0 heterocycles. The molecular formula is C6H10LiO6P. The van der Waals surface area contributed by atoms with Crippen LogP contribution in [0.1, 0.15) is 12.8 Å². The number of aliphatic carboxylic acids is 2. The Morgan fingerprint density at radius 2 is 1.36 bits per heavy atom. The van der Waals surface area contributed by atoms with Crippen molar-refractivity contribution in [3.05, 3.63) is 0 Å². The standard InChI is InChI=1S/C6H11O6P.Li/c7-5(8)1-3-13(11,12)4-2-6(9)10;/h1-4H2,(H,7,8)(H,9,10)(H,11,12);/q;+1/p-1. The Morgan fingerprint density at radius 3 is 1.57 bits per heavy atom. The Labute approximate surface area is 92.9 Å². The van der Waals surface area contributed by atoms with Gasteiger partial charge in [0.1, 0.15) is 0 Å². The SMILES string of the molecule is O=C(O)CCP(=O)([O-])CCC(=O)O.[Li+]. The zero-order valence-electron chi connectivity index (χ0n) is 7.80. The number of carbonyl (C=O) groups is 2. The predicted molar refractivity (Wildman–Crippen MR) is 41.8 cm³/mol. The van der Waals surface area contributed by atoms with E-state index in [0.29, 0.717) is 0 Å². The Hall–Kier alpha value is -0.273. The maximum atomic E-state index is 10.9. The Bertz CT molecular complexity index is 231. The molecule has 0 atom stereocenters. The summed E-state index contributed by atoms with van der Waals surface area (Å²) in [7, 11) is -3.81. The van der Waals surface area contributed by atoms with Gasteiger partial charge in [-0.1, -0.05) is 0 Å². The summed E-state index contributed by atoms with van der Waals surface area (Å²) in [4.78, 5) is 31.0. The van der Waals surface area contributed by atoms with Gasteiger partial charge in [0.2, 0.25) is 0 Å². The maximum absolute atomic E-state index is 10.9. The summed E-state index contributed by atoms with van der Waals surface area (Å²) in [6, 6.07) is 0. The second-order valence-electron chi connectivity index (χ2n) is 2.55. The van der Waals surface area contributed by atoms with Crippen molar-refractivity contribution in [2.24, 2.45) is 0 Å². The Morgan fingerprint density at radius 1 is 1.07 bits per heavy atom. The number of carboxylic acids is 2. The third kappa shape index (κ3) is 9.81. The van der Waals surface area contributed by atoms with E-state index in [0.717, 1.165) is 0 Å². The van der Waals surface area contributed by atoms with E-state index >= 15 is 0 Å². The van der Waals surface area contributed by atoms with Crippen molar-refractivity contribution in [1.82, 2.24) is 0 Å². The van der Waals surface area contributed by atoms with Crippen LogP contribution in [0.25, 0.3) is 0 Å². The molecule has 76 valence electrons. The fourth-order valence-electron chi connectivity index (χ4n) is 0.644. The molecule has 0 radical (unpaired) electrons. The quantitative estimate of drug-likeness (QED) is 0.353. The number of carboxylic acid groups (broad SMARTS) is 2. The van der Waals surface area contributed by atoms with E-state index in [4.69, 9.17) is 10.2 Å². The van der Waals surface area contributed by atoms with Crippen LogP contribution < -0.4 is 23.8 Å². The third-order valence-corrected chi connectivity index (χ3v) is 3.14. The first-order chi connectivity index (χ1) is 5.83. The van der Waals surface area contributed by atoms with Gasteiger partial charge in [-0.2, -0.15) is 0 Å². The first-order valence-electron chi connectivity index (χ1n) is 3.56. The van der Waals surface area contributed by atoms with Crippen molar-refractivity contribution in [3.63, 3.8) is 0 Å². The molecular weight excluding hydrogens is 206 g/mol. The average molecular weight is 216 g/mol. The molecule has 2 N–H and O–H groups in total. The second kappa shape index (κ2) is 7.08. The van der Waals surface area contributed by atoms with Gasteiger partial charge in [-0.25, -0.2) is 0 Å². The van der Waals surface area contributed by atoms with Gasteiger partial charge in [-0.15, -0.1) is 0 Å². The minimum atomic E-state index is -3.81. The second-order valence-corrected chi connectivity index (χ2v) is 5.07. The summed E-state index contributed by atoms with van der Waals surface area (Å²) in [6.07, 6.45) is -1.90. The zero-order valence-corrected chi connectivity index (χ0v) is 8.70. The molecule has 0 saturated carbocycles. The summed E-state index contributed by atoms with van der Waals surface area (Å²) in [6.45, 7) is 0. The molecule has 0 aromatic heterocycles. The minimum Gasteiger partial charge on any atom is -0.799 e. The fraction of sp³-hybridized carbons (Fsp3) is 0.667. The van der Waals surface area contributed by atoms with Gasteiger partial charge in [0.25, 0.3) is 0 Å². The van der Waals surface area contributed by atoms with Crippen molar-refractivity contribution in [2.75, 3.05) is 12.3 Å². The van der Waals surface area contributed by atoms with Crippen LogP contribution in [0, 0.1) is 0 Å². The van der Waals surface area contributed by atoms with Crippen LogP contribution in [0.3, 0.4) is 0 Å². The summed E-state index contributed by atoms with van der Waals surface area (Å²) in [5, 5.41) is 16.4. The molecule has 0 saturated heterocycles. The van der Waals surface area contributed by atoms with Crippen LogP contribution in [-0.2, 0) is 14.2 Å². The van der Waals surface area contributed by atoms with E-state index in [2.05, 4.69) is 0 Å². The van der Waals surface area contributed by atoms with E-state index in [9.17, 15) is 19.0 Å². The molecule has 0 bridgehead atoms. The van der Waals surface area contributed by atoms with Crippen molar-refractivity contribution >= 4 is 19.3 Å². The number of hydrogen-bond donors (Lipinski definition) is 2. The molecule has 6 nitrogen and oxygen atoms in total. The summed E-state index contributed by atoms with van der Waals surface area (Å²) >= 11 is 0. The summed E-state index contributed by atoms with van der Waals surface area (Å²) in [5.41, 5.74) is 0. The molecule has 0 aliphatic rings. The molecule has 14 heavy (non-hydrogen) atoms. The van der Waals surface area contributed by atoms with E-state index in [1.54, 1.807) is 0 Å². The predicted octanol–water partition coefficient (Wildman–Crippen LogP) is -3.42. The molecule has 0 aliphatic carbocycles. The normalized spacial score (nSPS) is 10.4. The van der Waals surface area contributed by atoms with Crippen LogP contribution in [0.15, 0.2) is 0 Å². The van der Waals surface area contributed by atoms with Crippen LogP contribution in [0.2, 0.25) is 0 Å². The van der Waals surface area contributed by atoms with Gasteiger partial charge in [0.05, 0.1) is 12.8 Å². The topological polar surface area (TPSA) is 115 Å². The van der Waals surface area contributed by atoms with Gasteiger partial charge >= 0.3 is 30.8 Å². The molecule has 0 unspecified atom stereocenters. The van der Waals surface area contributed by atoms with E-state index in [1.807, 2.05) is 0 Å². The molecule has 0 aliphatic heterocycles.